The zero-order valence-electron chi connectivity index (χ0n) is 48.2. The van der Waals surface area contributed by atoms with Crippen LogP contribution in [-0.2, 0) is 18.4 Å². The molecule has 71 heavy (non-hydrogen) atoms. The molecule has 422 valence electrons. The Labute approximate surface area is 443 Å². The van der Waals surface area contributed by atoms with Gasteiger partial charge in [-0.2, -0.15) is 0 Å². The number of unbranched alkanes of at least 4 members (excludes halogenated alkanes) is 43. The minimum Gasteiger partial charge on any atom is -0.756 e. The zero-order chi connectivity index (χ0) is 52.0. The van der Waals surface area contributed by atoms with Crippen LogP contribution < -0.4 is 10.2 Å². The van der Waals surface area contributed by atoms with Gasteiger partial charge in [-0.1, -0.05) is 301 Å². The van der Waals surface area contributed by atoms with Gasteiger partial charge in [0.15, 0.2) is 0 Å². The Hall–Kier alpha value is -1.02. The van der Waals surface area contributed by atoms with Crippen molar-refractivity contribution in [2.24, 2.45) is 0 Å². The van der Waals surface area contributed by atoms with Gasteiger partial charge in [0.25, 0.3) is 7.82 Å². The van der Waals surface area contributed by atoms with Crippen LogP contribution in [0, 0.1) is 0 Å². The number of carbonyl (C=O) groups is 1. The molecule has 0 aliphatic carbocycles. The standard InChI is InChI=1S/C62H123N2O6P/c1-6-8-10-12-14-16-18-20-21-22-23-24-25-26-27-28-29-30-31-32-33-34-35-36-37-38-39-40-41-42-44-46-48-50-52-54-56-62(66)63-60(59-70-71(67,68)69-58-57-64(3,4)5)61(65)55-53-51-49-47-45-43-19-17-15-13-11-9-7-2/h45,47,53,55,60-61,65H,6-44,46,48-52,54,56-59H2,1-5H3,(H-,63,66,67,68)/b47-45+,55-53+. The molecule has 1 amide bonds. The smallest absolute Gasteiger partial charge is 0.268 e. The minimum atomic E-state index is -4.60. The van der Waals surface area contributed by atoms with Crippen molar-refractivity contribution in [3.8, 4) is 0 Å². The summed E-state index contributed by atoms with van der Waals surface area (Å²) in [5, 5.41) is 13.8. The third kappa shape index (κ3) is 56.5. The fourth-order valence-electron chi connectivity index (χ4n) is 9.53. The lowest BCUT2D eigenvalue weighted by molar-refractivity contribution is -0.870. The molecule has 0 aromatic carbocycles. The number of amides is 1. The molecule has 0 spiro atoms. The van der Waals surface area contributed by atoms with E-state index in [0.717, 1.165) is 38.5 Å². The number of phosphoric acid groups is 1. The van der Waals surface area contributed by atoms with Gasteiger partial charge in [-0.25, -0.2) is 0 Å². The van der Waals surface area contributed by atoms with Crippen molar-refractivity contribution >= 4 is 13.7 Å². The molecule has 0 saturated carbocycles. The third-order valence-electron chi connectivity index (χ3n) is 14.4. The highest BCUT2D eigenvalue weighted by molar-refractivity contribution is 7.45. The summed E-state index contributed by atoms with van der Waals surface area (Å²) in [6.07, 6.45) is 68.8. The molecule has 0 bridgehead atoms. The lowest BCUT2D eigenvalue weighted by Crippen LogP contribution is -2.45. The molecule has 0 aromatic heterocycles. The number of hydrogen-bond donors (Lipinski definition) is 2. The Bertz CT molecular complexity index is 1210. The molecular formula is C62H123N2O6P. The number of nitrogens with zero attached hydrogens (tertiary/aromatic N) is 1. The maximum atomic E-state index is 12.9. The van der Waals surface area contributed by atoms with Crippen molar-refractivity contribution in [1.82, 2.24) is 5.32 Å². The molecule has 0 rings (SSSR count). The number of phosphoric ester groups is 1. The van der Waals surface area contributed by atoms with Crippen LogP contribution in [0.1, 0.15) is 316 Å². The van der Waals surface area contributed by atoms with Crippen molar-refractivity contribution in [3.05, 3.63) is 24.3 Å². The van der Waals surface area contributed by atoms with Crippen LogP contribution in [0.3, 0.4) is 0 Å². The molecule has 0 radical (unpaired) electrons. The second kappa shape index (κ2) is 53.8. The van der Waals surface area contributed by atoms with Gasteiger partial charge in [-0.05, 0) is 32.1 Å². The highest BCUT2D eigenvalue weighted by Crippen LogP contribution is 2.38. The van der Waals surface area contributed by atoms with E-state index in [2.05, 4.69) is 31.3 Å². The molecule has 3 unspecified atom stereocenters. The van der Waals surface area contributed by atoms with Crippen molar-refractivity contribution in [1.29, 1.82) is 0 Å². The highest BCUT2D eigenvalue weighted by Gasteiger charge is 2.23. The largest absolute Gasteiger partial charge is 0.756 e. The number of hydrogen-bond acceptors (Lipinski definition) is 6. The van der Waals surface area contributed by atoms with E-state index in [-0.39, 0.29) is 19.1 Å². The zero-order valence-corrected chi connectivity index (χ0v) is 49.1. The summed E-state index contributed by atoms with van der Waals surface area (Å²) in [7, 11) is 1.26. The summed E-state index contributed by atoms with van der Waals surface area (Å²) in [4.78, 5) is 25.4. The van der Waals surface area contributed by atoms with Gasteiger partial charge in [0.1, 0.15) is 13.2 Å². The Balaban J connectivity index is 3.90. The first-order valence-corrected chi connectivity index (χ1v) is 32.7. The molecule has 0 aromatic rings. The van der Waals surface area contributed by atoms with Crippen LogP contribution in [-0.4, -0.2) is 68.5 Å². The van der Waals surface area contributed by atoms with Crippen molar-refractivity contribution in [2.45, 2.75) is 328 Å². The molecule has 0 aliphatic rings. The monoisotopic (exact) mass is 1020 g/mol. The van der Waals surface area contributed by atoms with Gasteiger partial charge in [0, 0.05) is 6.42 Å². The summed E-state index contributed by atoms with van der Waals surface area (Å²) in [6, 6.07) is -0.899. The number of quaternary nitrogens is 1. The fourth-order valence-corrected chi connectivity index (χ4v) is 10.2. The number of likely N-dealkylation sites (N-methyl/N-ethyl adjacent to an activating group) is 1. The summed E-state index contributed by atoms with van der Waals surface area (Å²) >= 11 is 0. The van der Waals surface area contributed by atoms with Crippen LogP contribution in [0.25, 0.3) is 0 Å². The Morgan fingerprint density at radius 1 is 0.479 bits per heavy atom. The molecule has 0 aliphatic heterocycles. The van der Waals surface area contributed by atoms with Crippen molar-refractivity contribution < 1.29 is 32.9 Å². The van der Waals surface area contributed by atoms with E-state index in [1.165, 1.54) is 257 Å². The topological polar surface area (TPSA) is 108 Å². The second-order valence-electron chi connectivity index (χ2n) is 22.8. The molecule has 0 saturated heterocycles. The number of allylic oxidation sites excluding steroid dienone is 3. The lowest BCUT2D eigenvalue weighted by atomic mass is 10.0. The van der Waals surface area contributed by atoms with Crippen molar-refractivity contribution in [3.63, 3.8) is 0 Å². The number of nitrogens with one attached hydrogen (secondary N) is 1. The van der Waals surface area contributed by atoms with E-state index in [4.69, 9.17) is 9.05 Å². The van der Waals surface area contributed by atoms with Crippen LogP contribution in [0.15, 0.2) is 24.3 Å². The average molecular weight is 1020 g/mol. The SMILES string of the molecule is CCCCCCCCC/C=C/CC/C=C/C(O)C(COP(=O)([O-])OCC[N+](C)(C)C)NC(=O)CCCCCCCCCCCCCCCCCCCCCCCCCCCCCCCCCCCCCC. The Morgan fingerprint density at radius 3 is 1.14 bits per heavy atom. The van der Waals surface area contributed by atoms with E-state index in [1.807, 2.05) is 27.2 Å². The normalized spacial score (nSPS) is 14.0. The van der Waals surface area contributed by atoms with Crippen LogP contribution in [0.2, 0.25) is 0 Å². The molecule has 9 heteroatoms. The number of aliphatic hydroxyl groups is 1. The first-order valence-electron chi connectivity index (χ1n) is 31.2. The van der Waals surface area contributed by atoms with E-state index < -0.39 is 20.0 Å². The second-order valence-corrected chi connectivity index (χ2v) is 24.2. The highest BCUT2D eigenvalue weighted by atomic mass is 31.2. The number of carbonyl (C=O) groups excluding carboxylic acids is 1. The average Bonchev–Trinajstić information content (AvgIpc) is 3.33. The quantitative estimate of drug-likeness (QED) is 0.0272. The molecule has 0 heterocycles. The molecular weight excluding hydrogens is 900 g/mol. The summed E-state index contributed by atoms with van der Waals surface area (Å²) in [5.41, 5.74) is 0. The van der Waals surface area contributed by atoms with Crippen LogP contribution in [0.4, 0.5) is 0 Å². The molecule has 2 N–H and O–H groups in total. The summed E-state index contributed by atoms with van der Waals surface area (Å²) in [5.74, 6) is -0.202. The van der Waals surface area contributed by atoms with E-state index >= 15 is 0 Å². The predicted molar refractivity (Wildman–Crippen MR) is 307 cm³/mol. The minimum absolute atomic E-state index is 0.00397. The lowest BCUT2D eigenvalue weighted by Gasteiger charge is -2.29. The van der Waals surface area contributed by atoms with Crippen LogP contribution in [0.5, 0.6) is 0 Å². The van der Waals surface area contributed by atoms with Gasteiger partial charge in [0.2, 0.25) is 5.91 Å². The summed E-state index contributed by atoms with van der Waals surface area (Å²) in [6.45, 7) is 4.65. The maximum Gasteiger partial charge on any atom is 0.268 e. The number of rotatable bonds is 58. The third-order valence-corrected chi connectivity index (χ3v) is 15.4. The van der Waals surface area contributed by atoms with Gasteiger partial charge in [-0.3, -0.25) is 9.36 Å². The maximum absolute atomic E-state index is 12.9. The van der Waals surface area contributed by atoms with Crippen LogP contribution >= 0.6 is 7.82 Å². The predicted octanol–water partition coefficient (Wildman–Crippen LogP) is 18.5. The fraction of sp³-hybridized carbons (Fsp3) is 0.919. The Morgan fingerprint density at radius 2 is 0.789 bits per heavy atom. The van der Waals surface area contributed by atoms with E-state index in [9.17, 15) is 19.4 Å². The first-order chi connectivity index (χ1) is 34.5. The van der Waals surface area contributed by atoms with Gasteiger partial charge >= 0.3 is 0 Å². The van der Waals surface area contributed by atoms with E-state index in [0.29, 0.717) is 17.4 Å². The molecule has 0 fully saturated rings. The first kappa shape index (κ1) is 70.0. The van der Waals surface area contributed by atoms with E-state index in [1.54, 1.807) is 6.08 Å². The van der Waals surface area contributed by atoms with Crippen molar-refractivity contribution in [2.75, 3.05) is 40.9 Å². The number of aliphatic hydroxyl groups excluding tert-OH is 1. The molecule has 8 nitrogen and oxygen atoms in total. The Kier molecular flexibility index (Phi) is 53.0. The van der Waals surface area contributed by atoms with Gasteiger partial charge in [0.05, 0.1) is 39.9 Å². The van der Waals surface area contributed by atoms with Gasteiger partial charge < -0.3 is 28.8 Å². The molecule has 3 atom stereocenters. The van der Waals surface area contributed by atoms with Gasteiger partial charge in [-0.15, -0.1) is 0 Å². The summed E-state index contributed by atoms with van der Waals surface area (Å²) < 4.78 is 23.3.